The lowest BCUT2D eigenvalue weighted by molar-refractivity contribution is -0.134. The highest BCUT2D eigenvalue weighted by molar-refractivity contribution is 5.62. The molecule has 0 aliphatic rings. The molecule has 0 bridgehead atoms. The summed E-state index contributed by atoms with van der Waals surface area (Å²) in [6, 6.07) is 0. The van der Waals surface area contributed by atoms with Crippen molar-refractivity contribution in [3.8, 4) is 0 Å². The van der Waals surface area contributed by atoms with Crippen molar-refractivity contribution in [1.29, 1.82) is 0 Å². The highest BCUT2D eigenvalue weighted by atomic mass is 16.4. The van der Waals surface area contributed by atoms with Gasteiger partial charge in [-0.3, -0.25) is 4.79 Å². The molecule has 0 aromatic heterocycles. The zero-order valence-electron chi connectivity index (χ0n) is 7.79. The lowest BCUT2D eigenvalue weighted by atomic mass is 10.1. The largest absolute Gasteiger partial charge is 0.481 e. The predicted molar refractivity (Wildman–Crippen MR) is 49.0 cm³/mol. The van der Waals surface area contributed by atoms with Crippen LogP contribution in [0.4, 0.5) is 0 Å². The Bertz CT molecular complexity index is 117. The van der Waals surface area contributed by atoms with E-state index in [2.05, 4.69) is 13.5 Å². The maximum absolute atomic E-state index is 9.00. The molecule has 72 valence electrons. The molecule has 2 N–H and O–H groups in total. The molecule has 3 heteroatoms. The third-order valence-corrected chi connectivity index (χ3v) is 1.06. The Morgan fingerprint density at radius 3 is 2.33 bits per heavy atom. The topological polar surface area (TPSA) is 57.5 Å². The fourth-order valence-electron chi connectivity index (χ4n) is 0.643. The predicted octanol–water partition coefficient (Wildman–Crippen LogP) is 1.81. The van der Waals surface area contributed by atoms with E-state index in [0.29, 0.717) is 0 Å². The van der Waals surface area contributed by atoms with Gasteiger partial charge in [0.15, 0.2) is 0 Å². The summed E-state index contributed by atoms with van der Waals surface area (Å²) in [6.07, 6.45) is 4.27. The molecule has 0 spiro atoms. The van der Waals surface area contributed by atoms with Crippen LogP contribution in [-0.2, 0) is 4.79 Å². The van der Waals surface area contributed by atoms with Crippen molar-refractivity contribution < 1.29 is 15.0 Å². The summed E-state index contributed by atoms with van der Waals surface area (Å²) in [4.78, 5) is 9.00. The zero-order chi connectivity index (χ0) is 9.98. The summed E-state index contributed by atoms with van der Waals surface area (Å²) in [5.41, 5.74) is 0. The van der Waals surface area contributed by atoms with E-state index in [-0.39, 0.29) is 6.10 Å². The normalized spacial score (nSPS) is 10.9. The van der Waals surface area contributed by atoms with Crippen LogP contribution in [0.1, 0.15) is 33.1 Å². The van der Waals surface area contributed by atoms with Crippen LogP contribution in [0.25, 0.3) is 0 Å². The Hall–Kier alpha value is -0.830. The highest BCUT2D eigenvalue weighted by Gasteiger charge is 1.96. The van der Waals surface area contributed by atoms with Gasteiger partial charge in [0.2, 0.25) is 0 Å². The van der Waals surface area contributed by atoms with Crippen LogP contribution in [0.5, 0.6) is 0 Å². The second-order valence-electron chi connectivity index (χ2n) is 2.49. The Morgan fingerprint density at radius 1 is 1.67 bits per heavy atom. The molecule has 0 aliphatic heterocycles. The number of carboxylic acid groups (broad SMARTS) is 1. The van der Waals surface area contributed by atoms with Gasteiger partial charge in [-0.25, -0.2) is 0 Å². The van der Waals surface area contributed by atoms with E-state index in [1.807, 2.05) is 0 Å². The molecule has 12 heavy (non-hydrogen) atoms. The van der Waals surface area contributed by atoms with Gasteiger partial charge in [0.25, 0.3) is 5.97 Å². The summed E-state index contributed by atoms with van der Waals surface area (Å²) in [6.45, 7) is 6.67. The number of aliphatic hydroxyl groups excluding tert-OH is 1. The minimum atomic E-state index is -0.833. The molecule has 0 fully saturated rings. The first kappa shape index (κ1) is 13.7. The highest BCUT2D eigenvalue weighted by Crippen LogP contribution is 1.99. The number of aliphatic carboxylic acids is 1. The molecule has 0 aromatic carbocycles. The van der Waals surface area contributed by atoms with Crippen LogP contribution < -0.4 is 0 Å². The number of carboxylic acids is 1. The minimum Gasteiger partial charge on any atom is -0.481 e. The van der Waals surface area contributed by atoms with Crippen molar-refractivity contribution in [2.75, 3.05) is 0 Å². The molecular formula is C9H18O3. The Labute approximate surface area is 73.7 Å². The molecule has 0 aliphatic carbocycles. The van der Waals surface area contributed by atoms with Gasteiger partial charge in [-0.05, 0) is 12.8 Å². The molecule has 1 atom stereocenters. The average molecular weight is 174 g/mol. The van der Waals surface area contributed by atoms with Crippen molar-refractivity contribution in [3.05, 3.63) is 12.7 Å². The van der Waals surface area contributed by atoms with Crippen LogP contribution in [-0.4, -0.2) is 22.3 Å². The monoisotopic (exact) mass is 174 g/mol. The van der Waals surface area contributed by atoms with Gasteiger partial charge in [-0.1, -0.05) is 19.4 Å². The maximum atomic E-state index is 9.00. The molecule has 0 heterocycles. The number of hydrogen-bond donors (Lipinski definition) is 2. The molecule has 1 unspecified atom stereocenters. The minimum absolute atomic E-state index is 0.155. The fraction of sp³-hybridized carbons (Fsp3) is 0.667. The second-order valence-corrected chi connectivity index (χ2v) is 2.49. The summed E-state index contributed by atoms with van der Waals surface area (Å²) in [5.74, 6) is -0.833. The van der Waals surface area contributed by atoms with Crippen molar-refractivity contribution in [2.24, 2.45) is 0 Å². The van der Waals surface area contributed by atoms with Gasteiger partial charge in [0.1, 0.15) is 0 Å². The molecule has 0 saturated carbocycles. The van der Waals surface area contributed by atoms with Crippen LogP contribution in [0, 0.1) is 0 Å². The molecule has 0 radical (unpaired) electrons. The molecule has 0 rings (SSSR count). The summed E-state index contributed by atoms with van der Waals surface area (Å²) in [5, 5.41) is 16.4. The van der Waals surface area contributed by atoms with Crippen molar-refractivity contribution >= 4 is 5.97 Å². The van der Waals surface area contributed by atoms with Crippen LogP contribution in [0.2, 0.25) is 0 Å². The lowest BCUT2D eigenvalue weighted by Gasteiger charge is -2.02. The Morgan fingerprint density at radius 2 is 2.08 bits per heavy atom. The fourth-order valence-corrected chi connectivity index (χ4v) is 0.643. The van der Waals surface area contributed by atoms with Gasteiger partial charge in [-0.2, -0.15) is 0 Å². The standard InChI is InChI=1S/C7H14O.C2H4O2/c1-3-5-7(8)6-4-2;1-2(3)4/h3,7-8H,1,4-6H2,2H3;1H3,(H,3,4). The first-order chi connectivity index (χ1) is 5.54. The second kappa shape index (κ2) is 10.2. The SMILES string of the molecule is C=CCC(O)CCC.CC(=O)O. The quantitative estimate of drug-likeness (QED) is 0.639. The maximum Gasteiger partial charge on any atom is 0.300 e. The number of aliphatic hydroxyl groups is 1. The number of carbonyl (C=O) groups is 1. The Kier molecular flexibility index (Phi) is 11.6. The van der Waals surface area contributed by atoms with Crippen molar-refractivity contribution in [3.63, 3.8) is 0 Å². The van der Waals surface area contributed by atoms with Crippen LogP contribution in [0.3, 0.4) is 0 Å². The third-order valence-electron chi connectivity index (χ3n) is 1.06. The molecule has 0 aromatic rings. The lowest BCUT2D eigenvalue weighted by Crippen LogP contribution is -2.02. The smallest absolute Gasteiger partial charge is 0.300 e. The van der Waals surface area contributed by atoms with E-state index < -0.39 is 5.97 Å². The van der Waals surface area contributed by atoms with Crippen molar-refractivity contribution in [1.82, 2.24) is 0 Å². The number of hydrogen-bond acceptors (Lipinski definition) is 2. The number of rotatable bonds is 4. The van der Waals surface area contributed by atoms with Crippen LogP contribution in [0.15, 0.2) is 12.7 Å². The molecular weight excluding hydrogens is 156 g/mol. The van der Waals surface area contributed by atoms with E-state index in [9.17, 15) is 0 Å². The van der Waals surface area contributed by atoms with Gasteiger partial charge in [-0.15, -0.1) is 6.58 Å². The molecule has 0 saturated heterocycles. The Balaban J connectivity index is 0. The third kappa shape index (κ3) is 22.9. The van der Waals surface area contributed by atoms with Gasteiger partial charge in [0.05, 0.1) is 6.10 Å². The summed E-state index contributed by atoms with van der Waals surface area (Å²) in [7, 11) is 0. The van der Waals surface area contributed by atoms with Gasteiger partial charge >= 0.3 is 0 Å². The molecule has 0 amide bonds. The van der Waals surface area contributed by atoms with E-state index in [1.165, 1.54) is 0 Å². The zero-order valence-corrected chi connectivity index (χ0v) is 7.79. The first-order valence-electron chi connectivity index (χ1n) is 4.03. The van der Waals surface area contributed by atoms with E-state index in [0.717, 1.165) is 26.2 Å². The van der Waals surface area contributed by atoms with Gasteiger partial charge in [0, 0.05) is 6.92 Å². The summed E-state index contributed by atoms with van der Waals surface area (Å²) >= 11 is 0. The molecule has 3 nitrogen and oxygen atoms in total. The summed E-state index contributed by atoms with van der Waals surface area (Å²) < 4.78 is 0. The van der Waals surface area contributed by atoms with E-state index in [4.69, 9.17) is 15.0 Å². The van der Waals surface area contributed by atoms with E-state index in [1.54, 1.807) is 6.08 Å². The van der Waals surface area contributed by atoms with Crippen LogP contribution >= 0.6 is 0 Å². The first-order valence-corrected chi connectivity index (χ1v) is 4.03. The van der Waals surface area contributed by atoms with Crippen molar-refractivity contribution in [2.45, 2.75) is 39.2 Å². The van der Waals surface area contributed by atoms with Gasteiger partial charge < -0.3 is 10.2 Å². The van der Waals surface area contributed by atoms with E-state index >= 15 is 0 Å². The average Bonchev–Trinajstić information content (AvgIpc) is 1.87.